The molecule has 0 aliphatic heterocycles. The topological polar surface area (TPSA) is 69.4 Å². The van der Waals surface area contributed by atoms with E-state index < -0.39 is 0 Å². The van der Waals surface area contributed by atoms with Gasteiger partial charge < -0.3 is 4.74 Å². The number of hydrogen-bond donors (Lipinski definition) is 0. The SMILES string of the molecule is COC(=O)c1ccc2nnc(-c3sc(C)nc3C)n2c1. The Labute approximate surface area is 119 Å². The minimum atomic E-state index is -0.385. The summed E-state index contributed by atoms with van der Waals surface area (Å²) >= 11 is 1.56. The molecule has 0 aromatic carbocycles. The maximum Gasteiger partial charge on any atom is 0.339 e. The minimum Gasteiger partial charge on any atom is -0.465 e. The zero-order valence-electron chi connectivity index (χ0n) is 11.2. The molecule has 3 rings (SSSR count). The van der Waals surface area contributed by atoms with Crippen molar-refractivity contribution in [2.75, 3.05) is 7.11 Å². The first-order chi connectivity index (χ1) is 9.60. The molecule has 0 amide bonds. The molecule has 0 saturated carbocycles. The molecule has 0 aliphatic carbocycles. The molecule has 0 fully saturated rings. The second-order valence-electron chi connectivity index (χ2n) is 4.31. The van der Waals surface area contributed by atoms with Gasteiger partial charge in [-0.2, -0.15) is 0 Å². The van der Waals surface area contributed by atoms with E-state index in [-0.39, 0.29) is 5.97 Å². The molecule has 0 saturated heterocycles. The molecule has 0 N–H and O–H groups in total. The quantitative estimate of drug-likeness (QED) is 0.676. The highest BCUT2D eigenvalue weighted by Gasteiger charge is 2.16. The molecule has 20 heavy (non-hydrogen) atoms. The summed E-state index contributed by atoms with van der Waals surface area (Å²) in [4.78, 5) is 17.0. The molecule has 3 heterocycles. The minimum absolute atomic E-state index is 0.385. The van der Waals surface area contributed by atoms with E-state index in [0.717, 1.165) is 15.6 Å². The lowest BCUT2D eigenvalue weighted by Gasteiger charge is -2.01. The number of rotatable bonds is 2. The third-order valence-electron chi connectivity index (χ3n) is 2.93. The van der Waals surface area contributed by atoms with Crippen molar-refractivity contribution in [2.24, 2.45) is 0 Å². The number of carbonyl (C=O) groups excluding carboxylic acids is 1. The lowest BCUT2D eigenvalue weighted by atomic mass is 10.3. The van der Waals surface area contributed by atoms with Crippen LogP contribution in [0, 0.1) is 13.8 Å². The molecule has 0 aliphatic rings. The largest absolute Gasteiger partial charge is 0.465 e. The van der Waals surface area contributed by atoms with Crippen LogP contribution in [0.15, 0.2) is 18.3 Å². The number of esters is 1. The summed E-state index contributed by atoms with van der Waals surface area (Å²) in [5, 5.41) is 9.28. The lowest BCUT2D eigenvalue weighted by molar-refractivity contribution is 0.0600. The van der Waals surface area contributed by atoms with Gasteiger partial charge in [-0.3, -0.25) is 4.40 Å². The lowest BCUT2D eigenvalue weighted by Crippen LogP contribution is -2.03. The predicted molar refractivity (Wildman–Crippen MR) is 74.9 cm³/mol. The average molecular weight is 288 g/mol. The molecule has 0 bridgehead atoms. The van der Waals surface area contributed by atoms with Crippen molar-refractivity contribution in [3.63, 3.8) is 0 Å². The number of fused-ring (bicyclic) bond motifs is 1. The monoisotopic (exact) mass is 288 g/mol. The van der Waals surface area contributed by atoms with Gasteiger partial charge in [0.05, 0.1) is 28.3 Å². The summed E-state index contributed by atoms with van der Waals surface area (Å²) in [7, 11) is 1.36. The number of aromatic nitrogens is 4. The van der Waals surface area contributed by atoms with Crippen LogP contribution in [-0.2, 0) is 4.74 Å². The van der Waals surface area contributed by atoms with Crippen LogP contribution in [0.4, 0.5) is 0 Å². The summed E-state index contributed by atoms with van der Waals surface area (Å²) in [5.41, 5.74) is 2.04. The van der Waals surface area contributed by atoms with Crippen LogP contribution < -0.4 is 0 Å². The van der Waals surface area contributed by atoms with E-state index in [0.29, 0.717) is 17.0 Å². The van der Waals surface area contributed by atoms with Crippen LogP contribution in [0.3, 0.4) is 0 Å². The molecule has 0 spiro atoms. The van der Waals surface area contributed by atoms with Gasteiger partial charge in [-0.25, -0.2) is 9.78 Å². The summed E-state index contributed by atoms with van der Waals surface area (Å²) in [6, 6.07) is 3.41. The van der Waals surface area contributed by atoms with Crippen molar-refractivity contribution in [3.05, 3.63) is 34.6 Å². The summed E-state index contributed by atoms with van der Waals surface area (Å²) in [5.74, 6) is 0.303. The Morgan fingerprint density at radius 1 is 1.30 bits per heavy atom. The van der Waals surface area contributed by atoms with Gasteiger partial charge in [0.15, 0.2) is 11.5 Å². The van der Waals surface area contributed by atoms with E-state index in [1.54, 1.807) is 34.1 Å². The molecule has 6 nitrogen and oxygen atoms in total. The van der Waals surface area contributed by atoms with Gasteiger partial charge in [-0.1, -0.05) is 0 Å². The maximum absolute atomic E-state index is 11.6. The van der Waals surface area contributed by atoms with Gasteiger partial charge >= 0.3 is 5.97 Å². The highest BCUT2D eigenvalue weighted by atomic mass is 32.1. The number of nitrogens with zero attached hydrogens (tertiary/aromatic N) is 4. The Morgan fingerprint density at radius 2 is 2.10 bits per heavy atom. The van der Waals surface area contributed by atoms with E-state index in [1.807, 2.05) is 13.8 Å². The Bertz CT molecular complexity index is 806. The number of hydrogen-bond acceptors (Lipinski definition) is 6. The van der Waals surface area contributed by atoms with Crippen molar-refractivity contribution >= 4 is 23.0 Å². The number of methoxy groups -OCH3 is 1. The first kappa shape index (κ1) is 12.7. The molecular formula is C13H12N4O2S. The fraction of sp³-hybridized carbons (Fsp3) is 0.231. The number of thiazole rings is 1. The fourth-order valence-electron chi connectivity index (χ4n) is 2.02. The van der Waals surface area contributed by atoms with Crippen molar-refractivity contribution in [1.29, 1.82) is 0 Å². The van der Waals surface area contributed by atoms with E-state index in [2.05, 4.69) is 15.2 Å². The highest BCUT2D eigenvalue weighted by molar-refractivity contribution is 7.15. The zero-order valence-corrected chi connectivity index (χ0v) is 12.1. The molecule has 0 unspecified atom stereocenters. The van der Waals surface area contributed by atoms with E-state index >= 15 is 0 Å². The van der Waals surface area contributed by atoms with E-state index in [9.17, 15) is 4.79 Å². The number of pyridine rings is 1. The molecule has 3 aromatic rings. The van der Waals surface area contributed by atoms with Gasteiger partial charge in [-0.15, -0.1) is 21.5 Å². The smallest absolute Gasteiger partial charge is 0.339 e. The highest BCUT2D eigenvalue weighted by Crippen LogP contribution is 2.28. The molecule has 0 radical (unpaired) electrons. The third kappa shape index (κ3) is 1.96. The van der Waals surface area contributed by atoms with Crippen LogP contribution in [0.25, 0.3) is 16.3 Å². The predicted octanol–water partition coefficient (Wildman–Crippen LogP) is 2.26. The number of carbonyl (C=O) groups is 1. The molecular weight excluding hydrogens is 276 g/mol. The Hall–Kier alpha value is -2.28. The van der Waals surface area contributed by atoms with Crippen molar-refractivity contribution in [3.8, 4) is 10.7 Å². The second-order valence-corrected chi connectivity index (χ2v) is 5.51. The first-order valence-electron chi connectivity index (χ1n) is 5.97. The van der Waals surface area contributed by atoms with Gasteiger partial charge in [0, 0.05) is 6.20 Å². The van der Waals surface area contributed by atoms with Gasteiger partial charge in [0.25, 0.3) is 0 Å². The zero-order chi connectivity index (χ0) is 14.3. The van der Waals surface area contributed by atoms with Gasteiger partial charge in [-0.05, 0) is 26.0 Å². The fourth-order valence-corrected chi connectivity index (χ4v) is 2.92. The summed E-state index contributed by atoms with van der Waals surface area (Å²) in [6.45, 7) is 3.88. The Balaban J connectivity index is 2.21. The summed E-state index contributed by atoms with van der Waals surface area (Å²) < 4.78 is 6.52. The van der Waals surface area contributed by atoms with Gasteiger partial charge in [0.1, 0.15) is 0 Å². The van der Waals surface area contributed by atoms with Crippen LogP contribution in [0.2, 0.25) is 0 Å². The number of ether oxygens (including phenoxy) is 1. The normalized spacial score (nSPS) is 10.9. The Morgan fingerprint density at radius 3 is 2.75 bits per heavy atom. The van der Waals surface area contributed by atoms with Crippen LogP contribution in [0.5, 0.6) is 0 Å². The molecule has 3 aromatic heterocycles. The molecule has 102 valence electrons. The Kier molecular flexibility index (Phi) is 2.98. The standard InChI is InChI=1S/C13H12N4O2S/c1-7-11(20-8(2)14-7)12-16-15-10-5-4-9(6-17(10)12)13(18)19-3/h4-6H,1-3H3. The van der Waals surface area contributed by atoms with Crippen molar-refractivity contribution in [1.82, 2.24) is 19.6 Å². The maximum atomic E-state index is 11.6. The van der Waals surface area contributed by atoms with Crippen molar-refractivity contribution in [2.45, 2.75) is 13.8 Å². The van der Waals surface area contributed by atoms with E-state index in [1.165, 1.54) is 7.11 Å². The average Bonchev–Trinajstić information content (AvgIpc) is 2.99. The second kappa shape index (κ2) is 4.68. The van der Waals surface area contributed by atoms with Crippen LogP contribution >= 0.6 is 11.3 Å². The first-order valence-corrected chi connectivity index (χ1v) is 6.79. The van der Waals surface area contributed by atoms with E-state index in [4.69, 9.17) is 4.74 Å². The third-order valence-corrected chi connectivity index (χ3v) is 4.00. The summed E-state index contributed by atoms with van der Waals surface area (Å²) in [6.07, 6.45) is 1.69. The van der Waals surface area contributed by atoms with Crippen LogP contribution in [-0.4, -0.2) is 32.7 Å². The molecule has 7 heteroatoms. The molecule has 0 atom stereocenters. The van der Waals surface area contributed by atoms with Crippen molar-refractivity contribution < 1.29 is 9.53 Å². The van der Waals surface area contributed by atoms with Crippen LogP contribution in [0.1, 0.15) is 21.1 Å². The number of aryl methyl sites for hydroxylation is 2. The van der Waals surface area contributed by atoms with Gasteiger partial charge in [0.2, 0.25) is 0 Å².